The third-order valence-electron chi connectivity index (χ3n) is 3.12. The molecule has 22 heavy (non-hydrogen) atoms. The van der Waals surface area contributed by atoms with Gasteiger partial charge in [-0.05, 0) is 44.5 Å². The lowest BCUT2D eigenvalue weighted by atomic mass is 10.1. The van der Waals surface area contributed by atoms with Gasteiger partial charge in [-0.15, -0.1) is 10.2 Å². The number of nitrogens with one attached hydrogen (secondary N) is 2. The zero-order chi connectivity index (χ0) is 16.1. The fourth-order valence-corrected chi connectivity index (χ4v) is 2.27. The van der Waals surface area contributed by atoms with E-state index in [0.29, 0.717) is 16.3 Å². The minimum Gasteiger partial charge on any atom is -0.350 e. The number of aromatic nitrogens is 2. The molecule has 2 rings (SSSR count). The van der Waals surface area contributed by atoms with Crippen LogP contribution in [0.15, 0.2) is 24.3 Å². The van der Waals surface area contributed by atoms with E-state index in [1.54, 1.807) is 31.2 Å². The Labute approximate surface area is 133 Å². The quantitative estimate of drug-likeness (QED) is 0.887. The monoisotopic (exact) mass is 318 g/mol. The molecule has 1 aromatic carbocycles. The molecule has 2 N–H and O–H groups in total. The Kier molecular flexibility index (Phi) is 5.21. The highest BCUT2D eigenvalue weighted by Gasteiger charge is 2.12. The first-order chi connectivity index (χ1) is 10.5. The SMILES string of the molecule is CCC(C)NC(=O)c1ccc(NC(=O)c2nnc(C)s2)cc1. The van der Waals surface area contributed by atoms with Gasteiger partial charge in [0.2, 0.25) is 5.01 Å². The maximum Gasteiger partial charge on any atom is 0.286 e. The van der Waals surface area contributed by atoms with E-state index in [9.17, 15) is 9.59 Å². The van der Waals surface area contributed by atoms with E-state index < -0.39 is 0 Å². The van der Waals surface area contributed by atoms with Crippen LogP contribution in [0.3, 0.4) is 0 Å². The van der Waals surface area contributed by atoms with Gasteiger partial charge >= 0.3 is 0 Å². The molecule has 0 aliphatic carbocycles. The van der Waals surface area contributed by atoms with Gasteiger partial charge in [0.15, 0.2) is 0 Å². The molecular formula is C15H18N4O2S. The van der Waals surface area contributed by atoms with Crippen molar-refractivity contribution in [1.29, 1.82) is 0 Å². The molecule has 0 aliphatic rings. The van der Waals surface area contributed by atoms with Crippen LogP contribution in [0.25, 0.3) is 0 Å². The van der Waals surface area contributed by atoms with E-state index >= 15 is 0 Å². The predicted octanol–water partition coefficient (Wildman–Crippen LogP) is 2.63. The summed E-state index contributed by atoms with van der Waals surface area (Å²) in [5, 5.41) is 14.3. The standard InChI is InChI=1S/C15H18N4O2S/c1-4-9(2)16-13(20)11-5-7-12(8-6-11)17-14(21)15-19-18-10(3)22-15/h5-9H,4H2,1-3H3,(H,16,20)(H,17,21). The number of nitrogens with zero attached hydrogens (tertiary/aromatic N) is 2. The Morgan fingerprint density at radius 1 is 1.18 bits per heavy atom. The highest BCUT2D eigenvalue weighted by Crippen LogP contribution is 2.14. The van der Waals surface area contributed by atoms with Crippen molar-refractivity contribution in [3.63, 3.8) is 0 Å². The van der Waals surface area contributed by atoms with Crippen molar-refractivity contribution in [3.8, 4) is 0 Å². The van der Waals surface area contributed by atoms with Crippen molar-refractivity contribution < 1.29 is 9.59 Å². The highest BCUT2D eigenvalue weighted by molar-refractivity contribution is 7.13. The van der Waals surface area contributed by atoms with Crippen LogP contribution >= 0.6 is 11.3 Å². The number of carbonyl (C=O) groups is 2. The van der Waals surface area contributed by atoms with Gasteiger partial charge in [0.25, 0.3) is 11.8 Å². The first kappa shape index (κ1) is 16.1. The average molecular weight is 318 g/mol. The third kappa shape index (κ3) is 4.11. The normalized spacial score (nSPS) is 11.8. The molecule has 2 amide bonds. The van der Waals surface area contributed by atoms with Crippen LogP contribution < -0.4 is 10.6 Å². The van der Waals surface area contributed by atoms with Gasteiger partial charge in [-0.1, -0.05) is 18.3 Å². The van der Waals surface area contributed by atoms with Crippen LogP contribution in [0.4, 0.5) is 5.69 Å². The second kappa shape index (κ2) is 7.13. The summed E-state index contributed by atoms with van der Waals surface area (Å²) in [4.78, 5) is 23.9. The Hall–Kier alpha value is -2.28. The maximum atomic E-state index is 12.0. The minimum absolute atomic E-state index is 0.119. The van der Waals surface area contributed by atoms with E-state index in [0.717, 1.165) is 11.4 Å². The molecule has 1 heterocycles. The smallest absolute Gasteiger partial charge is 0.286 e. The number of hydrogen-bond donors (Lipinski definition) is 2. The number of rotatable bonds is 5. The second-order valence-electron chi connectivity index (χ2n) is 4.94. The molecule has 1 atom stereocenters. The molecule has 0 saturated carbocycles. The van der Waals surface area contributed by atoms with Gasteiger partial charge in [-0.25, -0.2) is 0 Å². The average Bonchev–Trinajstić information content (AvgIpc) is 2.94. The Morgan fingerprint density at radius 2 is 1.86 bits per heavy atom. The summed E-state index contributed by atoms with van der Waals surface area (Å²) in [5.41, 5.74) is 1.17. The summed E-state index contributed by atoms with van der Waals surface area (Å²) in [6.45, 7) is 5.76. The van der Waals surface area contributed by atoms with Crippen molar-refractivity contribution in [2.24, 2.45) is 0 Å². The van der Waals surface area contributed by atoms with Crippen LogP contribution in [0.1, 0.15) is 45.4 Å². The second-order valence-corrected chi connectivity index (χ2v) is 6.12. The van der Waals surface area contributed by atoms with Crippen molar-refractivity contribution in [2.75, 3.05) is 5.32 Å². The fraction of sp³-hybridized carbons (Fsp3) is 0.333. The van der Waals surface area contributed by atoms with E-state index in [4.69, 9.17) is 0 Å². The molecule has 0 bridgehead atoms. The van der Waals surface area contributed by atoms with Crippen molar-refractivity contribution in [2.45, 2.75) is 33.2 Å². The van der Waals surface area contributed by atoms with Gasteiger partial charge in [0.1, 0.15) is 5.01 Å². The van der Waals surface area contributed by atoms with Gasteiger partial charge in [-0.3, -0.25) is 9.59 Å². The third-order valence-corrected chi connectivity index (χ3v) is 3.95. The van der Waals surface area contributed by atoms with Crippen molar-refractivity contribution in [3.05, 3.63) is 39.8 Å². The molecule has 1 unspecified atom stereocenters. The first-order valence-corrected chi connectivity index (χ1v) is 7.83. The van der Waals surface area contributed by atoms with Crippen LogP contribution in [0.5, 0.6) is 0 Å². The van der Waals surface area contributed by atoms with Gasteiger partial charge < -0.3 is 10.6 Å². The van der Waals surface area contributed by atoms with Crippen molar-refractivity contribution >= 4 is 28.8 Å². The topological polar surface area (TPSA) is 84.0 Å². The van der Waals surface area contributed by atoms with E-state index in [-0.39, 0.29) is 17.9 Å². The highest BCUT2D eigenvalue weighted by atomic mass is 32.1. The zero-order valence-electron chi connectivity index (χ0n) is 12.7. The lowest BCUT2D eigenvalue weighted by molar-refractivity contribution is 0.0938. The van der Waals surface area contributed by atoms with Crippen molar-refractivity contribution in [1.82, 2.24) is 15.5 Å². The minimum atomic E-state index is -0.303. The molecule has 1 aromatic heterocycles. The summed E-state index contributed by atoms with van der Waals surface area (Å²) in [6.07, 6.45) is 0.876. The lowest BCUT2D eigenvalue weighted by Gasteiger charge is -2.11. The van der Waals surface area contributed by atoms with E-state index in [1.165, 1.54) is 11.3 Å². The molecule has 116 valence electrons. The van der Waals surface area contributed by atoms with E-state index in [1.807, 2.05) is 13.8 Å². The van der Waals surface area contributed by atoms with Crippen LogP contribution in [-0.2, 0) is 0 Å². The summed E-state index contributed by atoms with van der Waals surface area (Å²) < 4.78 is 0. The molecular weight excluding hydrogens is 300 g/mol. The Balaban J connectivity index is 2.00. The van der Waals surface area contributed by atoms with Crippen LogP contribution in [-0.4, -0.2) is 28.1 Å². The lowest BCUT2D eigenvalue weighted by Crippen LogP contribution is -2.31. The number of aryl methyl sites for hydroxylation is 1. The molecule has 7 heteroatoms. The molecule has 0 spiro atoms. The molecule has 0 fully saturated rings. The summed E-state index contributed by atoms with van der Waals surface area (Å²) in [6, 6.07) is 6.87. The molecule has 6 nitrogen and oxygen atoms in total. The molecule has 0 aliphatic heterocycles. The first-order valence-electron chi connectivity index (χ1n) is 7.02. The van der Waals surface area contributed by atoms with Gasteiger partial charge in [0, 0.05) is 17.3 Å². The zero-order valence-corrected chi connectivity index (χ0v) is 13.5. The van der Waals surface area contributed by atoms with Gasteiger partial charge in [0.05, 0.1) is 0 Å². The number of anilines is 1. The Bertz CT molecular complexity index is 666. The van der Waals surface area contributed by atoms with Crippen LogP contribution in [0.2, 0.25) is 0 Å². The maximum absolute atomic E-state index is 12.0. The summed E-state index contributed by atoms with van der Waals surface area (Å²) in [7, 11) is 0. The Morgan fingerprint density at radius 3 is 2.41 bits per heavy atom. The van der Waals surface area contributed by atoms with Gasteiger partial charge in [-0.2, -0.15) is 0 Å². The number of hydrogen-bond acceptors (Lipinski definition) is 5. The van der Waals surface area contributed by atoms with E-state index in [2.05, 4.69) is 20.8 Å². The van der Waals surface area contributed by atoms with Crippen LogP contribution in [0, 0.1) is 6.92 Å². The number of benzene rings is 1. The summed E-state index contributed by atoms with van der Waals surface area (Å²) in [5.74, 6) is -0.422. The fourth-order valence-electron chi connectivity index (χ4n) is 1.69. The molecule has 0 saturated heterocycles. The largest absolute Gasteiger partial charge is 0.350 e. The summed E-state index contributed by atoms with van der Waals surface area (Å²) >= 11 is 1.23. The molecule has 0 radical (unpaired) electrons. The molecule has 2 aromatic rings. The number of carbonyl (C=O) groups excluding carboxylic acids is 2. The number of amides is 2. The predicted molar refractivity (Wildman–Crippen MR) is 86.3 cm³/mol.